The van der Waals surface area contributed by atoms with Crippen LogP contribution in [0.5, 0.6) is 0 Å². The molecule has 0 radical (unpaired) electrons. The van der Waals surface area contributed by atoms with Crippen LogP contribution in [0.2, 0.25) is 0 Å². The van der Waals surface area contributed by atoms with E-state index in [0.29, 0.717) is 0 Å². The summed E-state index contributed by atoms with van der Waals surface area (Å²) in [6.07, 6.45) is -1.07. The van der Waals surface area contributed by atoms with Gasteiger partial charge in [-0.3, -0.25) is 0 Å². The third-order valence-electron chi connectivity index (χ3n) is 2.29. The molecule has 0 aromatic rings. The first-order chi connectivity index (χ1) is 5.52. The van der Waals surface area contributed by atoms with Crippen molar-refractivity contribution in [2.45, 2.75) is 37.9 Å². The maximum Gasteiger partial charge on any atom is 0.182 e. The van der Waals surface area contributed by atoms with Gasteiger partial charge in [0.2, 0.25) is 0 Å². The lowest BCUT2D eigenvalue weighted by Gasteiger charge is -2.38. The highest BCUT2D eigenvalue weighted by Crippen LogP contribution is 2.21. The Bertz CT molecular complexity index is 151. The van der Waals surface area contributed by atoms with Gasteiger partial charge >= 0.3 is 0 Å². The molecule has 0 spiro atoms. The van der Waals surface area contributed by atoms with E-state index in [1.54, 1.807) is 0 Å². The lowest BCUT2D eigenvalue weighted by Crippen LogP contribution is -2.53. The molecule has 72 valence electrons. The van der Waals surface area contributed by atoms with Gasteiger partial charge in [0.15, 0.2) is 6.29 Å². The number of nitrogens with zero attached hydrogens (tertiary/aromatic N) is 1. The number of aliphatic hydroxyl groups excluding tert-OH is 2. The van der Waals surface area contributed by atoms with Crippen LogP contribution in [0.4, 0.5) is 0 Å². The van der Waals surface area contributed by atoms with Crippen molar-refractivity contribution in [2.24, 2.45) is 0 Å². The van der Waals surface area contributed by atoms with Crippen molar-refractivity contribution in [2.75, 3.05) is 14.1 Å². The molecule has 0 aromatic carbocycles. The largest absolute Gasteiger partial charge is 0.386 e. The molecule has 0 amide bonds. The maximum absolute atomic E-state index is 9.51. The molecule has 0 bridgehead atoms. The third kappa shape index (κ3) is 1.95. The van der Waals surface area contributed by atoms with Crippen molar-refractivity contribution in [3.8, 4) is 0 Å². The predicted octanol–water partition coefficient (Wildman–Crippen LogP) is -0.595. The number of hydrogen-bond donors (Lipinski definition) is 2. The molecule has 0 aromatic heterocycles. The van der Waals surface area contributed by atoms with Crippen LogP contribution in [-0.2, 0) is 4.74 Å². The minimum absolute atomic E-state index is 0.01000. The molecule has 1 rings (SSSR count). The summed E-state index contributed by atoms with van der Waals surface area (Å²) in [5.41, 5.74) is 0. The van der Waals surface area contributed by atoms with Crippen LogP contribution < -0.4 is 0 Å². The fourth-order valence-electron chi connectivity index (χ4n) is 1.56. The van der Waals surface area contributed by atoms with Crippen molar-refractivity contribution >= 4 is 0 Å². The molecule has 4 atom stereocenters. The van der Waals surface area contributed by atoms with Gasteiger partial charge in [0.1, 0.15) is 6.10 Å². The Morgan fingerprint density at radius 3 is 2.42 bits per heavy atom. The van der Waals surface area contributed by atoms with Crippen molar-refractivity contribution in [3.05, 3.63) is 0 Å². The summed E-state index contributed by atoms with van der Waals surface area (Å²) < 4.78 is 5.06. The van der Waals surface area contributed by atoms with Crippen LogP contribution in [-0.4, -0.2) is 53.7 Å². The highest BCUT2D eigenvalue weighted by atomic mass is 16.6. The third-order valence-corrected chi connectivity index (χ3v) is 2.29. The quantitative estimate of drug-likeness (QED) is 0.559. The van der Waals surface area contributed by atoms with Crippen molar-refractivity contribution < 1.29 is 14.9 Å². The average molecular weight is 175 g/mol. The second kappa shape index (κ2) is 3.70. The molecule has 0 saturated carbocycles. The van der Waals surface area contributed by atoms with Crippen LogP contribution in [0, 0.1) is 0 Å². The summed E-state index contributed by atoms with van der Waals surface area (Å²) in [5, 5.41) is 18.8. The number of ether oxygens (including phenoxy) is 1. The topological polar surface area (TPSA) is 52.9 Å². The van der Waals surface area contributed by atoms with E-state index in [0.717, 1.165) is 6.42 Å². The normalized spacial score (nSPS) is 43.5. The van der Waals surface area contributed by atoms with E-state index < -0.39 is 12.4 Å². The van der Waals surface area contributed by atoms with Gasteiger partial charge in [0.05, 0.1) is 6.10 Å². The Labute approximate surface area is 72.7 Å². The molecule has 12 heavy (non-hydrogen) atoms. The smallest absolute Gasteiger partial charge is 0.182 e. The Balaban J connectivity index is 2.60. The lowest BCUT2D eigenvalue weighted by atomic mass is 9.99. The zero-order chi connectivity index (χ0) is 9.30. The predicted molar refractivity (Wildman–Crippen MR) is 44.7 cm³/mol. The van der Waals surface area contributed by atoms with E-state index in [9.17, 15) is 10.2 Å². The summed E-state index contributed by atoms with van der Waals surface area (Å²) in [6.45, 7) is 1.89. The van der Waals surface area contributed by atoms with E-state index in [-0.39, 0.29) is 12.1 Å². The summed E-state index contributed by atoms with van der Waals surface area (Å²) in [5.74, 6) is 0. The summed E-state index contributed by atoms with van der Waals surface area (Å²) in [7, 11) is 3.78. The van der Waals surface area contributed by atoms with Crippen molar-refractivity contribution in [1.82, 2.24) is 4.90 Å². The number of likely N-dealkylation sites (N-methyl/N-ethyl adjacent to an activating group) is 1. The summed E-state index contributed by atoms with van der Waals surface area (Å²) in [4.78, 5) is 1.91. The van der Waals surface area contributed by atoms with Gasteiger partial charge in [-0.2, -0.15) is 0 Å². The first-order valence-corrected chi connectivity index (χ1v) is 4.20. The highest BCUT2D eigenvalue weighted by molar-refractivity contribution is 4.84. The number of rotatable bonds is 1. The second-order valence-electron chi connectivity index (χ2n) is 3.59. The van der Waals surface area contributed by atoms with E-state index in [1.165, 1.54) is 0 Å². The Morgan fingerprint density at radius 1 is 1.33 bits per heavy atom. The fourth-order valence-corrected chi connectivity index (χ4v) is 1.56. The van der Waals surface area contributed by atoms with Gasteiger partial charge in [-0.15, -0.1) is 0 Å². The minimum atomic E-state index is -1.04. The van der Waals surface area contributed by atoms with Gasteiger partial charge in [0, 0.05) is 6.04 Å². The highest BCUT2D eigenvalue weighted by Gasteiger charge is 2.35. The molecular formula is C8H17NO3. The molecule has 4 heteroatoms. The van der Waals surface area contributed by atoms with Crippen LogP contribution in [0.1, 0.15) is 13.3 Å². The molecule has 1 saturated heterocycles. The lowest BCUT2D eigenvalue weighted by molar-refractivity contribution is -0.230. The molecule has 3 unspecified atom stereocenters. The van der Waals surface area contributed by atoms with E-state index >= 15 is 0 Å². The average Bonchev–Trinajstić information content (AvgIpc) is 1.96. The van der Waals surface area contributed by atoms with Gasteiger partial charge in [0.25, 0.3) is 0 Å². The number of aliphatic hydroxyl groups is 2. The zero-order valence-corrected chi connectivity index (χ0v) is 7.77. The van der Waals surface area contributed by atoms with Crippen LogP contribution >= 0.6 is 0 Å². The van der Waals surface area contributed by atoms with Gasteiger partial charge in [-0.25, -0.2) is 0 Å². The Morgan fingerprint density at radius 2 is 1.92 bits per heavy atom. The first kappa shape index (κ1) is 9.92. The number of hydrogen-bond acceptors (Lipinski definition) is 4. The van der Waals surface area contributed by atoms with E-state index in [2.05, 4.69) is 0 Å². The van der Waals surface area contributed by atoms with E-state index in [1.807, 2.05) is 25.9 Å². The Kier molecular flexibility index (Phi) is 3.06. The van der Waals surface area contributed by atoms with Crippen molar-refractivity contribution in [3.63, 3.8) is 0 Å². The fraction of sp³-hybridized carbons (Fsp3) is 1.00. The molecule has 0 aliphatic carbocycles. The molecule has 1 aliphatic rings. The monoisotopic (exact) mass is 175 g/mol. The van der Waals surface area contributed by atoms with Crippen LogP contribution in [0.15, 0.2) is 0 Å². The van der Waals surface area contributed by atoms with Crippen molar-refractivity contribution in [1.29, 1.82) is 0 Å². The molecule has 4 nitrogen and oxygen atoms in total. The molecule has 1 heterocycles. The van der Waals surface area contributed by atoms with Crippen LogP contribution in [0.3, 0.4) is 0 Å². The SMILES string of the molecule is CC1CC(N(C)C)C(O)[C@H](O)O1. The Hall–Kier alpha value is -0.160. The van der Waals surface area contributed by atoms with Crippen LogP contribution in [0.25, 0.3) is 0 Å². The standard InChI is InChI=1S/C8H17NO3/c1-5-4-6(9(2)3)7(10)8(11)12-5/h5-8,10-11H,4H2,1-3H3/t5?,6?,7?,8-/m1/s1. The van der Waals surface area contributed by atoms with E-state index in [4.69, 9.17) is 4.74 Å². The first-order valence-electron chi connectivity index (χ1n) is 4.20. The van der Waals surface area contributed by atoms with Gasteiger partial charge in [-0.1, -0.05) is 0 Å². The van der Waals surface area contributed by atoms with Gasteiger partial charge in [-0.05, 0) is 27.4 Å². The minimum Gasteiger partial charge on any atom is -0.386 e. The second-order valence-corrected chi connectivity index (χ2v) is 3.59. The molecule has 1 fully saturated rings. The van der Waals surface area contributed by atoms with Gasteiger partial charge < -0.3 is 19.8 Å². The molecule has 2 N–H and O–H groups in total. The molecular weight excluding hydrogens is 158 g/mol. The maximum atomic E-state index is 9.51. The zero-order valence-electron chi connectivity index (χ0n) is 7.77. The summed E-state index contributed by atoms with van der Waals surface area (Å²) in [6, 6.07) is -0.0104. The summed E-state index contributed by atoms with van der Waals surface area (Å²) >= 11 is 0. The molecule has 1 aliphatic heterocycles.